The number of likely N-dealkylation sites (tertiary alicyclic amines) is 1. The molecule has 1 aliphatic heterocycles. The van der Waals surface area contributed by atoms with Crippen LogP contribution in [-0.2, 0) is 9.59 Å². The smallest absolute Gasteiger partial charge is 0.225 e. The molecular weight excluding hydrogens is 242 g/mol. The summed E-state index contributed by atoms with van der Waals surface area (Å²) in [6, 6.07) is 0. The molecule has 5 nitrogen and oxygen atoms in total. The zero-order valence-electron chi connectivity index (χ0n) is 11.8. The third-order valence-electron chi connectivity index (χ3n) is 4.77. The van der Waals surface area contributed by atoms with Crippen molar-refractivity contribution in [2.45, 2.75) is 57.4 Å². The largest absolute Gasteiger partial charge is 0.369 e. The van der Waals surface area contributed by atoms with Crippen LogP contribution in [0.15, 0.2) is 0 Å². The second-order valence-corrected chi connectivity index (χ2v) is 6.59. The van der Waals surface area contributed by atoms with Crippen molar-refractivity contribution < 1.29 is 9.59 Å². The normalized spacial score (nSPS) is 30.3. The molecular formula is C14H25N3O2. The quantitative estimate of drug-likeness (QED) is 0.791. The van der Waals surface area contributed by atoms with E-state index in [1.54, 1.807) is 4.90 Å². The van der Waals surface area contributed by atoms with Crippen LogP contribution in [0.5, 0.6) is 0 Å². The summed E-state index contributed by atoms with van der Waals surface area (Å²) in [5.74, 6) is -0.239. The lowest BCUT2D eigenvalue weighted by Crippen LogP contribution is -2.47. The number of primary amides is 1. The van der Waals surface area contributed by atoms with Crippen LogP contribution in [-0.4, -0.2) is 35.3 Å². The van der Waals surface area contributed by atoms with Crippen LogP contribution in [0.4, 0.5) is 0 Å². The molecule has 1 saturated carbocycles. The fourth-order valence-electron chi connectivity index (χ4n) is 3.22. The molecule has 1 unspecified atom stereocenters. The van der Waals surface area contributed by atoms with E-state index in [-0.39, 0.29) is 17.4 Å². The molecule has 1 aliphatic carbocycles. The van der Waals surface area contributed by atoms with Crippen molar-refractivity contribution in [1.29, 1.82) is 0 Å². The minimum absolute atomic E-state index is 0.0781. The highest BCUT2D eigenvalue weighted by Gasteiger charge is 2.42. The maximum Gasteiger partial charge on any atom is 0.225 e. The van der Waals surface area contributed by atoms with Gasteiger partial charge in [-0.2, -0.15) is 0 Å². The maximum atomic E-state index is 12.3. The highest BCUT2D eigenvalue weighted by molar-refractivity contribution is 5.84. The molecule has 2 rings (SSSR count). The van der Waals surface area contributed by atoms with Crippen LogP contribution in [0, 0.1) is 5.41 Å². The molecule has 0 radical (unpaired) electrons. The monoisotopic (exact) mass is 267 g/mol. The minimum Gasteiger partial charge on any atom is -0.369 e. The van der Waals surface area contributed by atoms with Gasteiger partial charge in [0.2, 0.25) is 11.8 Å². The van der Waals surface area contributed by atoms with E-state index in [2.05, 4.69) is 0 Å². The van der Waals surface area contributed by atoms with E-state index >= 15 is 0 Å². The first-order valence-electron chi connectivity index (χ1n) is 7.21. The molecule has 0 spiro atoms. The first-order valence-corrected chi connectivity index (χ1v) is 7.21. The van der Waals surface area contributed by atoms with Crippen molar-refractivity contribution in [1.82, 2.24) is 4.90 Å². The molecule has 5 heteroatoms. The van der Waals surface area contributed by atoms with E-state index in [9.17, 15) is 9.59 Å². The van der Waals surface area contributed by atoms with Crippen molar-refractivity contribution in [3.8, 4) is 0 Å². The molecule has 1 atom stereocenters. The summed E-state index contributed by atoms with van der Waals surface area (Å²) >= 11 is 0. The average molecular weight is 267 g/mol. The lowest BCUT2D eigenvalue weighted by Gasteiger charge is -2.34. The molecule has 2 amide bonds. The van der Waals surface area contributed by atoms with E-state index in [1.165, 1.54) is 6.42 Å². The van der Waals surface area contributed by atoms with Crippen LogP contribution in [0.25, 0.3) is 0 Å². The molecule has 1 heterocycles. The molecule has 0 aromatic rings. The van der Waals surface area contributed by atoms with E-state index in [0.29, 0.717) is 25.9 Å². The topological polar surface area (TPSA) is 89.4 Å². The van der Waals surface area contributed by atoms with Gasteiger partial charge in [-0.05, 0) is 26.2 Å². The SMILES string of the molecule is CC1(C(N)=O)CCN(C(=O)CC2(N)CCCCC2)C1. The van der Waals surface area contributed by atoms with Crippen molar-refractivity contribution in [3.05, 3.63) is 0 Å². The molecule has 0 aromatic heterocycles. The standard InChI is InChI=1S/C14H25N3O2/c1-13(12(15)19)7-8-17(10-13)11(18)9-14(16)5-3-2-4-6-14/h2-10,16H2,1H3,(H2,15,19). The van der Waals surface area contributed by atoms with Crippen LogP contribution in [0.1, 0.15) is 51.9 Å². The summed E-state index contributed by atoms with van der Waals surface area (Å²) < 4.78 is 0. The number of hydrogen-bond acceptors (Lipinski definition) is 3. The molecule has 2 aliphatic rings. The Morgan fingerprint density at radius 2 is 1.79 bits per heavy atom. The summed E-state index contributed by atoms with van der Waals surface area (Å²) in [6.07, 6.45) is 6.37. The third kappa shape index (κ3) is 3.08. The fourth-order valence-corrected chi connectivity index (χ4v) is 3.22. The highest BCUT2D eigenvalue weighted by atomic mass is 16.2. The number of carbonyl (C=O) groups excluding carboxylic acids is 2. The Bertz CT molecular complexity index is 377. The highest BCUT2D eigenvalue weighted by Crippen LogP contribution is 2.33. The maximum absolute atomic E-state index is 12.3. The number of nitrogens with zero attached hydrogens (tertiary/aromatic N) is 1. The molecule has 2 fully saturated rings. The zero-order valence-corrected chi connectivity index (χ0v) is 11.8. The van der Waals surface area contributed by atoms with Crippen molar-refractivity contribution in [2.24, 2.45) is 16.9 Å². The molecule has 19 heavy (non-hydrogen) atoms. The molecule has 4 N–H and O–H groups in total. The average Bonchev–Trinajstić information content (AvgIpc) is 2.74. The summed E-state index contributed by atoms with van der Waals surface area (Å²) in [6.45, 7) is 2.90. The Balaban J connectivity index is 1.93. The summed E-state index contributed by atoms with van der Waals surface area (Å²) in [5.41, 5.74) is 10.8. The van der Waals surface area contributed by atoms with Gasteiger partial charge in [-0.3, -0.25) is 9.59 Å². The second-order valence-electron chi connectivity index (χ2n) is 6.59. The van der Waals surface area contributed by atoms with E-state index < -0.39 is 5.41 Å². The van der Waals surface area contributed by atoms with E-state index in [4.69, 9.17) is 11.5 Å². The first-order chi connectivity index (χ1) is 8.85. The molecule has 0 bridgehead atoms. The van der Waals surface area contributed by atoms with Crippen LogP contribution < -0.4 is 11.5 Å². The van der Waals surface area contributed by atoms with Gasteiger partial charge in [0.05, 0.1) is 5.41 Å². The predicted octanol–water partition coefficient (Wildman–Crippen LogP) is 0.762. The lowest BCUT2D eigenvalue weighted by molar-refractivity contribution is -0.133. The summed E-state index contributed by atoms with van der Waals surface area (Å²) in [5, 5.41) is 0. The van der Waals surface area contributed by atoms with Gasteiger partial charge >= 0.3 is 0 Å². The van der Waals surface area contributed by atoms with Crippen LogP contribution >= 0.6 is 0 Å². The number of amides is 2. The van der Waals surface area contributed by atoms with Gasteiger partial charge < -0.3 is 16.4 Å². The molecule has 1 saturated heterocycles. The van der Waals surface area contributed by atoms with Crippen LogP contribution in [0.2, 0.25) is 0 Å². The van der Waals surface area contributed by atoms with E-state index in [0.717, 1.165) is 25.7 Å². The van der Waals surface area contributed by atoms with Gasteiger partial charge in [-0.15, -0.1) is 0 Å². The Hall–Kier alpha value is -1.10. The molecule has 108 valence electrons. The van der Waals surface area contributed by atoms with Gasteiger partial charge in [0, 0.05) is 25.0 Å². The zero-order chi connectivity index (χ0) is 14.1. The Labute approximate surface area is 114 Å². The van der Waals surface area contributed by atoms with Gasteiger partial charge in [0.25, 0.3) is 0 Å². The van der Waals surface area contributed by atoms with Crippen molar-refractivity contribution in [2.75, 3.05) is 13.1 Å². The fraction of sp³-hybridized carbons (Fsp3) is 0.857. The van der Waals surface area contributed by atoms with Crippen LogP contribution in [0.3, 0.4) is 0 Å². The van der Waals surface area contributed by atoms with Gasteiger partial charge in [-0.25, -0.2) is 0 Å². The van der Waals surface area contributed by atoms with Crippen molar-refractivity contribution in [3.63, 3.8) is 0 Å². The number of hydrogen-bond donors (Lipinski definition) is 2. The Morgan fingerprint density at radius 1 is 1.16 bits per heavy atom. The Morgan fingerprint density at radius 3 is 2.32 bits per heavy atom. The van der Waals surface area contributed by atoms with Gasteiger partial charge in [0.1, 0.15) is 0 Å². The third-order valence-corrected chi connectivity index (χ3v) is 4.77. The second kappa shape index (κ2) is 5.12. The molecule has 0 aromatic carbocycles. The van der Waals surface area contributed by atoms with Gasteiger partial charge in [-0.1, -0.05) is 19.3 Å². The van der Waals surface area contributed by atoms with Gasteiger partial charge in [0.15, 0.2) is 0 Å². The number of carbonyl (C=O) groups is 2. The summed E-state index contributed by atoms with van der Waals surface area (Å²) in [4.78, 5) is 25.5. The van der Waals surface area contributed by atoms with Crippen molar-refractivity contribution >= 4 is 11.8 Å². The minimum atomic E-state index is -0.565. The summed E-state index contributed by atoms with van der Waals surface area (Å²) in [7, 11) is 0. The van der Waals surface area contributed by atoms with E-state index in [1.807, 2.05) is 6.92 Å². The number of nitrogens with two attached hydrogens (primary N) is 2. The predicted molar refractivity (Wildman–Crippen MR) is 73.1 cm³/mol. The first kappa shape index (κ1) is 14.3. The number of rotatable bonds is 3. The Kier molecular flexibility index (Phi) is 3.85. The lowest BCUT2D eigenvalue weighted by atomic mass is 9.80.